The normalized spacial score (nSPS) is 11.0. The molecule has 0 atom stereocenters. The minimum atomic E-state index is -0.160. The van der Waals surface area contributed by atoms with Gasteiger partial charge in [-0.25, -0.2) is 0 Å². The lowest BCUT2D eigenvalue weighted by molar-refractivity contribution is -0.116. The molecule has 0 aliphatic carbocycles. The largest absolute Gasteiger partial charge is 0.497 e. The van der Waals surface area contributed by atoms with Crippen LogP contribution in [0.3, 0.4) is 0 Å². The van der Waals surface area contributed by atoms with Crippen molar-refractivity contribution >= 4 is 23.0 Å². The van der Waals surface area contributed by atoms with Gasteiger partial charge in [-0.3, -0.25) is 4.79 Å². The van der Waals surface area contributed by atoms with Crippen molar-refractivity contribution in [2.24, 2.45) is 0 Å². The zero-order chi connectivity index (χ0) is 16.1. The second kappa shape index (κ2) is 6.83. The Kier molecular flexibility index (Phi) is 4.43. The van der Waals surface area contributed by atoms with Crippen molar-refractivity contribution in [1.82, 2.24) is 5.32 Å². The number of rotatable bonds is 5. The molecule has 0 aliphatic heterocycles. The van der Waals surface area contributed by atoms with Gasteiger partial charge in [0.15, 0.2) is 0 Å². The predicted octanol–water partition coefficient (Wildman–Crippen LogP) is 3.77. The van der Waals surface area contributed by atoms with E-state index in [0.29, 0.717) is 12.3 Å². The molecule has 3 aromatic rings. The van der Waals surface area contributed by atoms with Crippen LogP contribution in [0.25, 0.3) is 17.0 Å². The molecule has 0 unspecified atom stereocenters. The second-order valence-electron chi connectivity index (χ2n) is 5.09. The van der Waals surface area contributed by atoms with Gasteiger partial charge in [0.05, 0.1) is 7.11 Å². The molecule has 1 N–H and O–H groups in total. The van der Waals surface area contributed by atoms with Crippen LogP contribution in [0.1, 0.15) is 11.3 Å². The molecular formula is C19H17NO3. The van der Waals surface area contributed by atoms with Crippen molar-refractivity contribution < 1.29 is 13.9 Å². The van der Waals surface area contributed by atoms with E-state index >= 15 is 0 Å². The van der Waals surface area contributed by atoms with Gasteiger partial charge in [-0.05, 0) is 35.9 Å². The number of carbonyl (C=O) groups is 1. The molecule has 0 aliphatic rings. The van der Waals surface area contributed by atoms with Gasteiger partial charge in [-0.1, -0.05) is 30.3 Å². The smallest absolute Gasteiger partial charge is 0.244 e. The summed E-state index contributed by atoms with van der Waals surface area (Å²) >= 11 is 0. The van der Waals surface area contributed by atoms with Crippen LogP contribution in [0.15, 0.2) is 65.1 Å². The molecular weight excluding hydrogens is 290 g/mol. The number of hydrogen-bond donors (Lipinski definition) is 1. The van der Waals surface area contributed by atoms with Gasteiger partial charge >= 0.3 is 0 Å². The Morgan fingerprint density at radius 2 is 2.00 bits per heavy atom. The first-order valence-electron chi connectivity index (χ1n) is 7.32. The zero-order valence-corrected chi connectivity index (χ0v) is 12.8. The fourth-order valence-corrected chi connectivity index (χ4v) is 2.25. The summed E-state index contributed by atoms with van der Waals surface area (Å²) in [6.07, 6.45) is 3.13. The predicted molar refractivity (Wildman–Crippen MR) is 90.1 cm³/mol. The monoisotopic (exact) mass is 307 g/mol. The van der Waals surface area contributed by atoms with Crippen LogP contribution in [0.4, 0.5) is 0 Å². The van der Waals surface area contributed by atoms with E-state index < -0.39 is 0 Å². The van der Waals surface area contributed by atoms with Gasteiger partial charge in [0.1, 0.15) is 17.1 Å². The van der Waals surface area contributed by atoms with Crippen LogP contribution < -0.4 is 10.1 Å². The Bertz CT molecular complexity index is 834. The van der Waals surface area contributed by atoms with Gasteiger partial charge < -0.3 is 14.5 Å². The standard InChI is InChI=1S/C19H17NO3/c1-22-16-7-9-18-15(11-16)12-17(23-18)8-10-19(21)20-13-14-5-3-2-4-6-14/h2-12H,13H2,1H3,(H,20,21)/b10-8+. The topological polar surface area (TPSA) is 51.5 Å². The molecule has 116 valence electrons. The highest BCUT2D eigenvalue weighted by molar-refractivity contribution is 5.92. The Balaban J connectivity index is 1.64. The molecule has 0 bridgehead atoms. The molecule has 0 fully saturated rings. The molecule has 3 rings (SSSR count). The average molecular weight is 307 g/mol. The minimum absolute atomic E-state index is 0.160. The van der Waals surface area contributed by atoms with E-state index in [1.165, 1.54) is 6.08 Å². The first-order chi connectivity index (χ1) is 11.2. The van der Waals surface area contributed by atoms with E-state index in [4.69, 9.17) is 9.15 Å². The maximum atomic E-state index is 11.8. The van der Waals surface area contributed by atoms with E-state index in [-0.39, 0.29) is 5.91 Å². The van der Waals surface area contributed by atoms with Crippen LogP contribution in [0.5, 0.6) is 5.75 Å². The lowest BCUT2D eigenvalue weighted by Gasteiger charge is -2.01. The second-order valence-corrected chi connectivity index (χ2v) is 5.09. The summed E-state index contributed by atoms with van der Waals surface area (Å²) in [4.78, 5) is 11.8. The minimum Gasteiger partial charge on any atom is -0.497 e. The van der Waals surface area contributed by atoms with Crippen LogP contribution >= 0.6 is 0 Å². The molecule has 0 saturated carbocycles. The van der Waals surface area contributed by atoms with Crippen molar-refractivity contribution in [3.05, 3.63) is 72.0 Å². The average Bonchev–Trinajstić information content (AvgIpc) is 3.01. The summed E-state index contributed by atoms with van der Waals surface area (Å²) in [7, 11) is 1.62. The first-order valence-corrected chi connectivity index (χ1v) is 7.32. The summed E-state index contributed by atoms with van der Waals surface area (Å²) in [6, 6.07) is 17.2. The van der Waals surface area contributed by atoms with Crippen LogP contribution in [-0.2, 0) is 11.3 Å². The van der Waals surface area contributed by atoms with Crippen molar-refractivity contribution in [2.45, 2.75) is 6.54 Å². The van der Waals surface area contributed by atoms with Crippen LogP contribution in [-0.4, -0.2) is 13.0 Å². The van der Waals surface area contributed by atoms with E-state index in [1.54, 1.807) is 13.2 Å². The molecule has 1 amide bonds. The Morgan fingerprint density at radius 3 is 2.78 bits per heavy atom. The summed E-state index contributed by atoms with van der Waals surface area (Å²) in [5.41, 5.74) is 1.82. The molecule has 4 heteroatoms. The van der Waals surface area contributed by atoms with Crippen molar-refractivity contribution in [2.75, 3.05) is 7.11 Å². The molecule has 0 saturated heterocycles. The number of nitrogens with one attached hydrogen (secondary N) is 1. The number of furan rings is 1. The maximum absolute atomic E-state index is 11.8. The van der Waals surface area contributed by atoms with Crippen LogP contribution in [0, 0.1) is 0 Å². The Hall–Kier alpha value is -3.01. The quantitative estimate of drug-likeness (QED) is 0.730. The number of methoxy groups -OCH3 is 1. The number of ether oxygens (including phenoxy) is 1. The fourth-order valence-electron chi connectivity index (χ4n) is 2.25. The molecule has 0 radical (unpaired) electrons. The summed E-state index contributed by atoms with van der Waals surface area (Å²) in [6.45, 7) is 0.501. The van der Waals surface area contributed by atoms with Crippen molar-refractivity contribution in [1.29, 1.82) is 0 Å². The van der Waals surface area contributed by atoms with E-state index in [2.05, 4.69) is 5.32 Å². The molecule has 23 heavy (non-hydrogen) atoms. The summed E-state index contributed by atoms with van der Waals surface area (Å²) in [5.74, 6) is 1.24. The van der Waals surface area contributed by atoms with Gasteiger partial charge in [0, 0.05) is 18.0 Å². The van der Waals surface area contributed by atoms with Gasteiger partial charge in [-0.15, -0.1) is 0 Å². The zero-order valence-electron chi connectivity index (χ0n) is 12.8. The summed E-state index contributed by atoms with van der Waals surface area (Å²) in [5, 5.41) is 3.77. The van der Waals surface area contributed by atoms with E-state index in [1.807, 2.05) is 54.6 Å². The SMILES string of the molecule is COc1ccc2oc(/C=C/C(=O)NCc3ccccc3)cc2c1. The number of hydrogen-bond acceptors (Lipinski definition) is 3. The van der Waals surface area contributed by atoms with Gasteiger partial charge in [-0.2, -0.15) is 0 Å². The highest BCUT2D eigenvalue weighted by Gasteiger charge is 2.03. The van der Waals surface area contributed by atoms with E-state index in [0.717, 1.165) is 22.3 Å². The van der Waals surface area contributed by atoms with Crippen LogP contribution in [0.2, 0.25) is 0 Å². The highest BCUT2D eigenvalue weighted by Crippen LogP contribution is 2.24. The molecule has 1 aromatic heterocycles. The number of carbonyl (C=O) groups excluding carboxylic acids is 1. The van der Waals surface area contributed by atoms with Crippen molar-refractivity contribution in [3.8, 4) is 5.75 Å². The Morgan fingerprint density at radius 1 is 1.17 bits per heavy atom. The first kappa shape index (κ1) is 14.9. The number of benzene rings is 2. The number of fused-ring (bicyclic) bond motifs is 1. The number of amides is 1. The van der Waals surface area contributed by atoms with Gasteiger partial charge in [0.2, 0.25) is 5.91 Å². The third-order valence-electron chi connectivity index (χ3n) is 3.45. The molecule has 4 nitrogen and oxygen atoms in total. The van der Waals surface area contributed by atoms with E-state index in [9.17, 15) is 4.79 Å². The lowest BCUT2D eigenvalue weighted by Crippen LogP contribution is -2.20. The van der Waals surface area contributed by atoms with Crippen molar-refractivity contribution in [3.63, 3.8) is 0 Å². The van der Waals surface area contributed by atoms with Gasteiger partial charge in [0.25, 0.3) is 0 Å². The molecule has 2 aromatic carbocycles. The summed E-state index contributed by atoms with van der Waals surface area (Å²) < 4.78 is 10.8. The Labute approximate surface area is 134 Å². The maximum Gasteiger partial charge on any atom is 0.244 e. The lowest BCUT2D eigenvalue weighted by atomic mass is 10.2. The third-order valence-corrected chi connectivity index (χ3v) is 3.45. The molecule has 0 spiro atoms. The highest BCUT2D eigenvalue weighted by atomic mass is 16.5. The molecule has 1 heterocycles. The fraction of sp³-hybridized carbons (Fsp3) is 0.105. The third kappa shape index (κ3) is 3.80.